The van der Waals surface area contributed by atoms with E-state index in [4.69, 9.17) is 11.6 Å². The first kappa shape index (κ1) is 16.1. The summed E-state index contributed by atoms with van der Waals surface area (Å²) in [6.07, 6.45) is 4.30. The number of hydrogen-bond acceptors (Lipinski definition) is 2. The fourth-order valence-corrected chi connectivity index (χ4v) is 3.45. The van der Waals surface area contributed by atoms with Crippen molar-refractivity contribution in [3.8, 4) is 0 Å². The van der Waals surface area contributed by atoms with Crippen LogP contribution in [0.25, 0.3) is 0 Å². The molecule has 0 saturated carbocycles. The molecule has 5 heteroatoms. The van der Waals surface area contributed by atoms with Gasteiger partial charge in [0.05, 0.1) is 12.6 Å². The highest BCUT2D eigenvalue weighted by molar-refractivity contribution is 6.31. The first-order valence-corrected chi connectivity index (χ1v) is 8.38. The first-order chi connectivity index (χ1) is 11.1. The molecule has 4 nitrogen and oxygen atoms in total. The van der Waals surface area contributed by atoms with Crippen LogP contribution in [0.3, 0.4) is 0 Å². The van der Waals surface area contributed by atoms with Gasteiger partial charge in [0.2, 0.25) is 5.91 Å². The molecule has 1 aliphatic rings. The molecule has 1 atom stereocenters. The molecule has 0 bridgehead atoms. The third kappa shape index (κ3) is 3.77. The largest absolute Gasteiger partial charge is 0.353 e. The monoisotopic (exact) mass is 331 g/mol. The predicted octanol–water partition coefficient (Wildman–Crippen LogP) is 3.13. The molecule has 1 N–H and O–H groups in total. The molecule has 1 fully saturated rings. The lowest BCUT2D eigenvalue weighted by molar-refractivity contribution is -0.122. The summed E-state index contributed by atoms with van der Waals surface area (Å²) in [6.45, 7) is 1.87. The van der Waals surface area contributed by atoms with E-state index in [-0.39, 0.29) is 5.91 Å². The van der Waals surface area contributed by atoms with E-state index in [1.54, 1.807) is 0 Å². The Labute approximate surface area is 142 Å². The third-order valence-electron chi connectivity index (χ3n) is 4.47. The quantitative estimate of drug-likeness (QED) is 0.914. The summed E-state index contributed by atoms with van der Waals surface area (Å²) in [6, 6.07) is 12.1. The van der Waals surface area contributed by atoms with Gasteiger partial charge < -0.3 is 9.88 Å². The number of carbonyl (C=O) groups excluding carboxylic acids is 1. The number of likely N-dealkylation sites (tertiary alicyclic amines) is 1. The second-order valence-corrected chi connectivity index (χ2v) is 6.45. The summed E-state index contributed by atoms with van der Waals surface area (Å²) in [5.41, 5.74) is 2.23. The summed E-state index contributed by atoms with van der Waals surface area (Å²) in [7, 11) is 2.06. The third-order valence-corrected chi connectivity index (χ3v) is 4.84. The van der Waals surface area contributed by atoms with E-state index >= 15 is 0 Å². The standard InChI is InChI=1S/C18H22ClN3O/c1-21-10-4-8-16(21)17-9-5-11-22(17)13-18(23)20-12-14-6-2-3-7-15(14)19/h2-4,6-8,10,17H,5,9,11-13H2,1H3,(H,20,23)/t17-/m1/s1. The second kappa shape index (κ2) is 7.20. The molecule has 1 aliphatic heterocycles. The van der Waals surface area contributed by atoms with Crippen molar-refractivity contribution < 1.29 is 4.79 Å². The minimum atomic E-state index is 0.0472. The molecule has 2 heterocycles. The average molecular weight is 332 g/mol. The lowest BCUT2D eigenvalue weighted by Crippen LogP contribution is -2.37. The number of hydrogen-bond donors (Lipinski definition) is 1. The van der Waals surface area contributed by atoms with Gasteiger partial charge in [0.1, 0.15) is 0 Å². The maximum atomic E-state index is 12.3. The van der Waals surface area contributed by atoms with E-state index in [1.807, 2.05) is 24.3 Å². The van der Waals surface area contributed by atoms with Gasteiger partial charge in [-0.3, -0.25) is 9.69 Å². The molecule has 0 spiro atoms. The van der Waals surface area contributed by atoms with Gasteiger partial charge in [-0.25, -0.2) is 0 Å². The molecule has 1 aromatic carbocycles. The van der Waals surface area contributed by atoms with Crippen molar-refractivity contribution in [3.63, 3.8) is 0 Å². The van der Waals surface area contributed by atoms with E-state index in [0.717, 1.165) is 24.9 Å². The first-order valence-electron chi connectivity index (χ1n) is 8.00. The molecule has 1 saturated heterocycles. The maximum Gasteiger partial charge on any atom is 0.234 e. The molecule has 3 rings (SSSR count). The number of aromatic nitrogens is 1. The Hall–Kier alpha value is -1.78. The molecule has 1 aromatic heterocycles. The van der Waals surface area contributed by atoms with Crippen LogP contribution in [0.15, 0.2) is 42.6 Å². The van der Waals surface area contributed by atoms with E-state index in [1.165, 1.54) is 5.69 Å². The number of benzene rings is 1. The highest BCUT2D eigenvalue weighted by Crippen LogP contribution is 2.31. The second-order valence-electron chi connectivity index (χ2n) is 6.04. The normalized spacial score (nSPS) is 18.3. The van der Waals surface area contributed by atoms with Gasteiger partial charge in [-0.1, -0.05) is 29.8 Å². The topological polar surface area (TPSA) is 37.3 Å². The van der Waals surface area contributed by atoms with Crippen molar-refractivity contribution in [3.05, 3.63) is 58.9 Å². The number of nitrogens with zero attached hydrogens (tertiary/aromatic N) is 2. The van der Waals surface area contributed by atoms with Gasteiger partial charge in [0.15, 0.2) is 0 Å². The van der Waals surface area contributed by atoms with Gasteiger partial charge in [0, 0.05) is 30.5 Å². The van der Waals surface area contributed by atoms with Crippen LogP contribution < -0.4 is 5.32 Å². The van der Waals surface area contributed by atoms with Crippen LogP contribution in [0.5, 0.6) is 0 Å². The van der Waals surface area contributed by atoms with E-state index in [2.05, 4.69) is 40.2 Å². The number of aryl methyl sites for hydroxylation is 1. The van der Waals surface area contributed by atoms with Crippen LogP contribution in [-0.4, -0.2) is 28.5 Å². The van der Waals surface area contributed by atoms with Gasteiger partial charge in [0.25, 0.3) is 0 Å². The van der Waals surface area contributed by atoms with Gasteiger partial charge in [-0.15, -0.1) is 0 Å². The highest BCUT2D eigenvalue weighted by atomic mass is 35.5. The van der Waals surface area contributed by atoms with Crippen molar-refractivity contribution >= 4 is 17.5 Å². The summed E-state index contributed by atoms with van der Waals surface area (Å²) < 4.78 is 2.14. The SMILES string of the molecule is Cn1cccc1[C@H]1CCCN1CC(=O)NCc1ccccc1Cl. The number of rotatable bonds is 5. The van der Waals surface area contributed by atoms with E-state index in [0.29, 0.717) is 24.2 Å². The van der Waals surface area contributed by atoms with Crippen LogP contribution in [-0.2, 0) is 18.4 Å². The zero-order valence-electron chi connectivity index (χ0n) is 13.3. The fourth-order valence-electron chi connectivity index (χ4n) is 3.25. The number of carbonyl (C=O) groups is 1. The predicted molar refractivity (Wildman–Crippen MR) is 92.3 cm³/mol. The van der Waals surface area contributed by atoms with Crippen molar-refractivity contribution in [2.75, 3.05) is 13.1 Å². The Balaban J connectivity index is 1.57. The smallest absolute Gasteiger partial charge is 0.234 e. The Kier molecular flexibility index (Phi) is 5.03. The molecular formula is C18H22ClN3O. The lowest BCUT2D eigenvalue weighted by Gasteiger charge is -2.24. The van der Waals surface area contributed by atoms with Crippen molar-refractivity contribution in [2.45, 2.75) is 25.4 Å². The Morgan fingerprint density at radius 3 is 2.87 bits per heavy atom. The van der Waals surface area contributed by atoms with Crippen LogP contribution in [0, 0.1) is 0 Å². The van der Waals surface area contributed by atoms with Crippen LogP contribution >= 0.6 is 11.6 Å². The number of halogens is 1. The summed E-state index contributed by atoms with van der Waals surface area (Å²) >= 11 is 6.12. The summed E-state index contributed by atoms with van der Waals surface area (Å²) in [4.78, 5) is 14.5. The van der Waals surface area contributed by atoms with Gasteiger partial charge in [-0.05, 0) is 43.1 Å². The molecule has 2 aromatic rings. The molecule has 122 valence electrons. The molecule has 0 aliphatic carbocycles. The Bertz CT molecular complexity index is 682. The maximum absolute atomic E-state index is 12.3. The molecule has 0 unspecified atom stereocenters. The Morgan fingerprint density at radius 2 is 2.13 bits per heavy atom. The molecule has 1 amide bonds. The van der Waals surface area contributed by atoms with Gasteiger partial charge >= 0.3 is 0 Å². The van der Waals surface area contributed by atoms with Crippen molar-refractivity contribution in [1.82, 2.24) is 14.8 Å². The zero-order chi connectivity index (χ0) is 16.2. The molecular weight excluding hydrogens is 310 g/mol. The average Bonchev–Trinajstić information content (AvgIpc) is 3.15. The van der Waals surface area contributed by atoms with Crippen LogP contribution in [0.1, 0.15) is 30.1 Å². The van der Waals surface area contributed by atoms with Crippen molar-refractivity contribution in [1.29, 1.82) is 0 Å². The lowest BCUT2D eigenvalue weighted by atomic mass is 10.1. The minimum Gasteiger partial charge on any atom is -0.353 e. The summed E-state index contributed by atoms with van der Waals surface area (Å²) in [5.74, 6) is 0.0472. The van der Waals surface area contributed by atoms with E-state index < -0.39 is 0 Å². The minimum absolute atomic E-state index is 0.0472. The summed E-state index contributed by atoms with van der Waals surface area (Å²) in [5, 5.41) is 3.67. The zero-order valence-corrected chi connectivity index (χ0v) is 14.1. The van der Waals surface area contributed by atoms with Gasteiger partial charge in [-0.2, -0.15) is 0 Å². The Morgan fingerprint density at radius 1 is 1.30 bits per heavy atom. The molecule has 23 heavy (non-hydrogen) atoms. The molecule has 0 radical (unpaired) electrons. The number of nitrogens with one attached hydrogen (secondary N) is 1. The highest BCUT2D eigenvalue weighted by Gasteiger charge is 2.28. The number of amides is 1. The fraction of sp³-hybridized carbons (Fsp3) is 0.389. The van der Waals surface area contributed by atoms with Crippen LogP contribution in [0.4, 0.5) is 0 Å². The van der Waals surface area contributed by atoms with Crippen LogP contribution in [0.2, 0.25) is 5.02 Å². The van der Waals surface area contributed by atoms with E-state index in [9.17, 15) is 4.79 Å². The van der Waals surface area contributed by atoms with Crippen molar-refractivity contribution in [2.24, 2.45) is 7.05 Å².